The highest BCUT2D eigenvalue weighted by atomic mass is 79.9. The molecule has 3 rings (SSSR count). The molecule has 2 heterocycles. The first-order chi connectivity index (χ1) is 18.0. The summed E-state index contributed by atoms with van der Waals surface area (Å²) in [5.74, 6) is -4.28. The van der Waals surface area contributed by atoms with Crippen LogP contribution in [0.15, 0.2) is 57.3 Å². The molecular weight excluding hydrogens is 556 g/mol. The van der Waals surface area contributed by atoms with Crippen molar-refractivity contribution in [1.29, 1.82) is 0 Å². The molecular formula is C28H31BrN2O7. The van der Waals surface area contributed by atoms with Crippen LogP contribution in [0.4, 0.5) is 0 Å². The predicted octanol–water partition coefficient (Wildman–Crippen LogP) is 4.48. The van der Waals surface area contributed by atoms with E-state index < -0.39 is 36.2 Å². The van der Waals surface area contributed by atoms with Gasteiger partial charge in [0.2, 0.25) is 5.78 Å². The zero-order chi connectivity index (χ0) is 28.1. The van der Waals surface area contributed by atoms with Crippen LogP contribution in [0.1, 0.15) is 49.4 Å². The van der Waals surface area contributed by atoms with E-state index in [1.165, 1.54) is 0 Å². The molecule has 0 amide bonds. The topological polar surface area (TPSA) is 113 Å². The van der Waals surface area contributed by atoms with Gasteiger partial charge in [0, 0.05) is 38.5 Å². The number of nitrogens with one attached hydrogen (secondary N) is 1. The van der Waals surface area contributed by atoms with Crippen molar-refractivity contribution in [3.8, 4) is 5.69 Å². The Labute approximate surface area is 229 Å². The Balaban J connectivity index is 1.89. The van der Waals surface area contributed by atoms with E-state index in [0.29, 0.717) is 22.7 Å². The Morgan fingerprint density at radius 2 is 1.39 bits per heavy atom. The maximum Gasteiger partial charge on any atom is 0.337 e. The number of carbonyl (C=O) groups is 4. The van der Waals surface area contributed by atoms with Gasteiger partial charge in [-0.15, -0.1) is 0 Å². The molecule has 1 aromatic carbocycles. The van der Waals surface area contributed by atoms with Gasteiger partial charge in [-0.1, -0.05) is 15.9 Å². The number of ether oxygens (including phenoxy) is 3. The summed E-state index contributed by atoms with van der Waals surface area (Å²) >= 11 is 3.42. The van der Waals surface area contributed by atoms with Crippen LogP contribution < -0.4 is 5.32 Å². The van der Waals surface area contributed by atoms with E-state index in [4.69, 9.17) is 14.2 Å². The molecule has 0 saturated carbocycles. The summed E-state index contributed by atoms with van der Waals surface area (Å²) in [6.45, 7) is 9.72. The molecule has 0 unspecified atom stereocenters. The van der Waals surface area contributed by atoms with Crippen LogP contribution in [0.3, 0.4) is 0 Å². The first-order valence-corrected chi connectivity index (χ1v) is 13.0. The van der Waals surface area contributed by atoms with Crippen molar-refractivity contribution < 1.29 is 33.4 Å². The largest absolute Gasteiger partial charge is 0.463 e. The maximum atomic E-state index is 13.4. The summed E-state index contributed by atoms with van der Waals surface area (Å²) in [6, 6.07) is 9.40. The van der Waals surface area contributed by atoms with Gasteiger partial charge in [0.15, 0.2) is 6.61 Å². The molecule has 10 heteroatoms. The van der Waals surface area contributed by atoms with Crippen molar-refractivity contribution in [3.05, 3.63) is 74.3 Å². The number of ketones is 1. The molecule has 1 aliphatic heterocycles. The average Bonchev–Trinajstić information content (AvgIpc) is 3.16. The fourth-order valence-electron chi connectivity index (χ4n) is 4.52. The number of Topliss-reactive ketones (excluding diaryl/α,β-unsaturated/α-hetero) is 1. The quantitative estimate of drug-likeness (QED) is 0.260. The first kappa shape index (κ1) is 28.9. The number of aryl methyl sites for hydroxylation is 1. The number of halogens is 1. The predicted molar refractivity (Wildman–Crippen MR) is 144 cm³/mol. The van der Waals surface area contributed by atoms with Crippen molar-refractivity contribution in [1.82, 2.24) is 9.88 Å². The molecule has 0 aliphatic carbocycles. The van der Waals surface area contributed by atoms with Gasteiger partial charge in [0.25, 0.3) is 0 Å². The normalized spacial score (nSPS) is 13.8. The van der Waals surface area contributed by atoms with Crippen LogP contribution in [0.5, 0.6) is 0 Å². The van der Waals surface area contributed by atoms with Gasteiger partial charge >= 0.3 is 17.9 Å². The third-order valence-electron chi connectivity index (χ3n) is 6.15. The van der Waals surface area contributed by atoms with Crippen molar-refractivity contribution in [3.63, 3.8) is 0 Å². The van der Waals surface area contributed by atoms with Gasteiger partial charge in [-0.05, 0) is 71.9 Å². The molecule has 0 radical (unpaired) electrons. The summed E-state index contributed by atoms with van der Waals surface area (Å²) in [7, 11) is 0. The molecule has 2 aromatic rings. The zero-order valence-corrected chi connectivity index (χ0v) is 23.9. The maximum absolute atomic E-state index is 13.4. The van der Waals surface area contributed by atoms with E-state index in [9.17, 15) is 19.2 Å². The number of hydrogen-bond donors (Lipinski definition) is 1. The number of aromatic nitrogens is 1. The van der Waals surface area contributed by atoms with Crippen LogP contribution in [-0.4, -0.2) is 48.1 Å². The molecule has 0 spiro atoms. The van der Waals surface area contributed by atoms with E-state index >= 15 is 0 Å². The minimum absolute atomic E-state index is 0.0635. The lowest BCUT2D eigenvalue weighted by Gasteiger charge is -2.28. The van der Waals surface area contributed by atoms with Gasteiger partial charge in [-0.2, -0.15) is 0 Å². The molecule has 1 N–H and O–H groups in total. The average molecular weight is 587 g/mol. The van der Waals surface area contributed by atoms with E-state index in [-0.39, 0.29) is 24.4 Å². The number of dihydropyridines is 1. The highest BCUT2D eigenvalue weighted by Gasteiger charge is 2.42. The number of benzene rings is 1. The van der Waals surface area contributed by atoms with E-state index in [1.54, 1.807) is 33.8 Å². The van der Waals surface area contributed by atoms with Crippen LogP contribution in [0.25, 0.3) is 5.69 Å². The lowest BCUT2D eigenvalue weighted by Crippen LogP contribution is -2.38. The highest BCUT2D eigenvalue weighted by Crippen LogP contribution is 2.33. The summed E-state index contributed by atoms with van der Waals surface area (Å²) in [6.07, 6.45) is 0. The Kier molecular flexibility index (Phi) is 9.32. The molecule has 0 bridgehead atoms. The van der Waals surface area contributed by atoms with Crippen molar-refractivity contribution in [2.45, 2.75) is 41.5 Å². The van der Waals surface area contributed by atoms with Crippen LogP contribution in [-0.2, 0) is 28.6 Å². The second-order valence-electron chi connectivity index (χ2n) is 8.70. The van der Waals surface area contributed by atoms with Crippen LogP contribution >= 0.6 is 15.9 Å². The molecule has 0 saturated heterocycles. The van der Waals surface area contributed by atoms with Crippen molar-refractivity contribution in [2.75, 3.05) is 19.8 Å². The van der Waals surface area contributed by atoms with Crippen LogP contribution in [0.2, 0.25) is 0 Å². The first-order valence-electron chi connectivity index (χ1n) is 12.2. The van der Waals surface area contributed by atoms with Crippen LogP contribution in [0, 0.1) is 19.8 Å². The number of rotatable bonds is 9. The molecule has 38 heavy (non-hydrogen) atoms. The summed E-state index contributed by atoms with van der Waals surface area (Å²) in [4.78, 5) is 52.1. The van der Waals surface area contributed by atoms with Gasteiger partial charge in [-0.3, -0.25) is 9.59 Å². The second-order valence-corrected chi connectivity index (χ2v) is 9.62. The van der Waals surface area contributed by atoms with E-state index in [0.717, 1.165) is 15.9 Å². The van der Waals surface area contributed by atoms with Gasteiger partial charge < -0.3 is 24.1 Å². The number of nitrogens with zero attached hydrogens (tertiary/aromatic N) is 1. The second kappa shape index (κ2) is 12.3. The Morgan fingerprint density at radius 3 is 1.89 bits per heavy atom. The molecule has 1 aliphatic rings. The SMILES string of the molecule is CCOC(=O)C1=C(C)NC(C)=C(C(=O)OCC)C1C(=O)OCC(=O)c1cc(C)n(-c2ccc(Br)cc2)c1C. The minimum Gasteiger partial charge on any atom is -0.463 e. The summed E-state index contributed by atoms with van der Waals surface area (Å²) in [5, 5.41) is 2.95. The number of hydrogen-bond acceptors (Lipinski definition) is 8. The van der Waals surface area contributed by atoms with Gasteiger partial charge in [0.05, 0.1) is 24.4 Å². The van der Waals surface area contributed by atoms with Gasteiger partial charge in [-0.25, -0.2) is 9.59 Å². The van der Waals surface area contributed by atoms with Crippen molar-refractivity contribution in [2.24, 2.45) is 5.92 Å². The molecule has 0 atom stereocenters. The molecule has 0 fully saturated rings. The monoisotopic (exact) mass is 586 g/mol. The lowest BCUT2D eigenvalue weighted by molar-refractivity contribution is -0.151. The van der Waals surface area contributed by atoms with Crippen molar-refractivity contribution >= 4 is 39.6 Å². The third-order valence-corrected chi connectivity index (χ3v) is 6.68. The number of esters is 3. The highest BCUT2D eigenvalue weighted by molar-refractivity contribution is 9.10. The smallest absolute Gasteiger partial charge is 0.337 e. The Hall–Kier alpha value is -3.66. The Morgan fingerprint density at radius 1 is 0.868 bits per heavy atom. The molecule has 1 aromatic heterocycles. The minimum atomic E-state index is -1.41. The number of allylic oxidation sites excluding steroid dienone is 2. The van der Waals surface area contributed by atoms with E-state index in [1.807, 2.05) is 42.7 Å². The summed E-state index contributed by atoms with van der Waals surface area (Å²) < 4.78 is 18.6. The van der Waals surface area contributed by atoms with Gasteiger partial charge in [0.1, 0.15) is 5.92 Å². The zero-order valence-electron chi connectivity index (χ0n) is 22.3. The van der Waals surface area contributed by atoms with E-state index in [2.05, 4.69) is 21.2 Å². The third kappa shape index (κ3) is 5.91. The molecule has 9 nitrogen and oxygen atoms in total. The standard InChI is InChI=1S/C28H31BrN2O7/c1-7-36-26(33)23-16(4)30-17(5)24(27(34)37-8-2)25(23)28(35)38-14-22(32)21-13-15(3)31(18(21)6)20-11-9-19(29)10-12-20/h9-13,25,30H,7-8,14H2,1-6H3. The Bertz CT molecular complexity index is 1300. The fourth-order valence-corrected chi connectivity index (χ4v) is 4.78. The molecule has 202 valence electrons. The lowest BCUT2D eigenvalue weighted by atomic mass is 9.85. The fraction of sp³-hybridized carbons (Fsp3) is 0.357. The number of carbonyl (C=O) groups excluding carboxylic acids is 4. The summed E-state index contributed by atoms with van der Waals surface area (Å²) in [5.41, 5.74) is 3.38.